The second-order valence-corrected chi connectivity index (χ2v) is 10.4. The van der Waals surface area contributed by atoms with Crippen molar-refractivity contribution in [2.75, 3.05) is 6.54 Å². The quantitative estimate of drug-likeness (QED) is 0.257. The van der Waals surface area contributed by atoms with Crippen LogP contribution in [0.3, 0.4) is 0 Å². The third-order valence-corrected chi connectivity index (χ3v) is 6.60. The molecule has 0 aliphatic carbocycles. The van der Waals surface area contributed by atoms with Crippen LogP contribution in [0.5, 0.6) is 0 Å². The molecule has 2 rings (SSSR count). The number of amides is 1. The Morgan fingerprint density at radius 3 is 2.60 bits per heavy atom. The molecule has 4 N–H and O–H groups in total. The highest BCUT2D eigenvalue weighted by Gasteiger charge is 2.35. The zero-order chi connectivity index (χ0) is 26.2. The largest absolute Gasteiger partial charge is 0.459 e. The maximum absolute atomic E-state index is 12.3. The average molecular weight is 493 g/mol. The first-order chi connectivity index (χ1) is 16.4. The van der Waals surface area contributed by atoms with Crippen molar-refractivity contribution in [1.82, 2.24) is 5.32 Å². The molecule has 8 atom stereocenters. The Balaban J connectivity index is 1.84. The number of nitrogens with one attached hydrogen (secondary N) is 1. The third kappa shape index (κ3) is 10.3. The lowest BCUT2D eigenvalue weighted by Crippen LogP contribution is -2.50. The van der Waals surface area contributed by atoms with E-state index in [0.717, 1.165) is 18.4 Å². The van der Waals surface area contributed by atoms with Crippen LogP contribution >= 0.6 is 0 Å². The van der Waals surface area contributed by atoms with Crippen molar-refractivity contribution >= 4 is 11.9 Å². The molecule has 0 aromatic rings. The predicted molar refractivity (Wildman–Crippen MR) is 136 cm³/mol. The second-order valence-electron chi connectivity index (χ2n) is 10.4. The van der Waals surface area contributed by atoms with Crippen LogP contribution in [0.25, 0.3) is 0 Å². The summed E-state index contributed by atoms with van der Waals surface area (Å²) in [5, 5.41) is 13.5. The maximum atomic E-state index is 12.3. The molecule has 0 bridgehead atoms. The van der Waals surface area contributed by atoms with E-state index in [1.165, 1.54) is 13.0 Å². The lowest BCUT2D eigenvalue weighted by molar-refractivity contribution is -0.143. The van der Waals surface area contributed by atoms with E-state index < -0.39 is 11.7 Å². The zero-order valence-corrected chi connectivity index (χ0v) is 22.0. The molecule has 8 unspecified atom stereocenters. The summed E-state index contributed by atoms with van der Waals surface area (Å²) >= 11 is 0. The van der Waals surface area contributed by atoms with Gasteiger partial charge >= 0.3 is 5.97 Å². The van der Waals surface area contributed by atoms with E-state index in [1.807, 2.05) is 32.9 Å². The summed E-state index contributed by atoms with van der Waals surface area (Å²) in [5.74, 6) is -0.334. The van der Waals surface area contributed by atoms with Gasteiger partial charge in [0.05, 0.1) is 36.1 Å². The van der Waals surface area contributed by atoms with Crippen LogP contribution in [-0.2, 0) is 23.8 Å². The average Bonchev–Trinajstić information content (AvgIpc) is 2.76. The first-order valence-electron chi connectivity index (χ1n) is 12.6. The van der Waals surface area contributed by atoms with Crippen LogP contribution in [0.2, 0.25) is 0 Å². The summed E-state index contributed by atoms with van der Waals surface area (Å²) in [7, 11) is 0. The molecule has 0 spiro atoms. The van der Waals surface area contributed by atoms with Crippen LogP contribution in [0, 0.1) is 5.92 Å². The van der Waals surface area contributed by atoms with Crippen molar-refractivity contribution < 1.29 is 28.9 Å². The van der Waals surface area contributed by atoms with Gasteiger partial charge in [0.2, 0.25) is 5.91 Å². The first-order valence-corrected chi connectivity index (χ1v) is 12.6. The minimum absolute atomic E-state index is 0.0642. The van der Waals surface area contributed by atoms with Crippen LogP contribution in [0.4, 0.5) is 0 Å². The summed E-state index contributed by atoms with van der Waals surface area (Å²) < 4.78 is 17.2. The molecule has 0 radical (unpaired) electrons. The fourth-order valence-electron chi connectivity index (χ4n) is 4.70. The highest BCUT2D eigenvalue weighted by molar-refractivity contribution is 5.87. The standard InChI is InChI=1S/C27H44N2O6/c1-17(7-10-22-14-27(6,32)15-23(16-28)35-22)8-11-25-18(2)13-24(20(4)34-25)29-26(31)12-9-19(3)33-21(5)30/h7-10,12,18-20,22-25,32H,11,13-16,28H2,1-6H3,(H,29,31). The number of hydrogen-bond donors (Lipinski definition) is 3. The zero-order valence-electron chi connectivity index (χ0n) is 22.0. The minimum Gasteiger partial charge on any atom is -0.459 e. The molecule has 0 aromatic carbocycles. The lowest BCUT2D eigenvalue weighted by Gasteiger charge is -2.39. The van der Waals surface area contributed by atoms with Gasteiger partial charge in [-0.05, 0) is 52.5 Å². The molecule has 8 nitrogen and oxygen atoms in total. The number of nitrogens with two attached hydrogens (primary N) is 1. The number of ether oxygens (including phenoxy) is 3. The summed E-state index contributed by atoms with van der Waals surface area (Å²) in [6.45, 7) is 11.4. The van der Waals surface area contributed by atoms with E-state index in [4.69, 9.17) is 19.9 Å². The van der Waals surface area contributed by atoms with Crippen LogP contribution in [0.1, 0.15) is 67.2 Å². The Morgan fingerprint density at radius 2 is 1.94 bits per heavy atom. The molecule has 1 amide bonds. The van der Waals surface area contributed by atoms with Crippen molar-refractivity contribution in [3.63, 3.8) is 0 Å². The van der Waals surface area contributed by atoms with Gasteiger partial charge in [0, 0.05) is 32.4 Å². The topological polar surface area (TPSA) is 120 Å². The van der Waals surface area contributed by atoms with Gasteiger partial charge in [0.15, 0.2) is 0 Å². The third-order valence-electron chi connectivity index (χ3n) is 6.60. The number of rotatable bonds is 9. The molecule has 2 fully saturated rings. The predicted octanol–water partition coefficient (Wildman–Crippen LogP) is 2.94. The van der Waals surface area contributed by atoms with Crippen molar-refractivity contribution in [2.45, 2.75) is 109 Å². The number of carbonyl (C=O) groups is 2. The SMILES string of the molecule is CC(=O)OC(C)C=CC(=O)NC1CC(C)C(CC=C(C)C=CC2CC(C)(O)CC(CN)O2)OC1C. The van der Waals surface area contributed by atoms with Crippen molar-refractivity contribution in [3.8, 4) is 0 Å². The Kier molecular flexibility index (Phi) is 11.1. The summed E-state index contributed by atoms with van der Waals surface area (Å²) in [5.41, 5.74) is 6.09. The van der Waals surface area contributed by atoms with Gasteiger partial charge in [-0.3, -0.25) is 9.59 Å². The number of allylic oxidation sites excluding steroid dienone is 2. The molecular weight excluding hydrogens is 448 g/mol. The molecule has 198 valence electrons. The van der Waals surface area contributed by atoms with Crippen LogP contribution < -0.4 is 11.1 Å². The Labute approximate surface area is 209 Å². The van der Waals surface area contributed by atoms with Gasteiger partial charge in [-0.2, -0.15) is 0 Å². The van der Waals surface area contributed by atoms with Crippen molar-refractivity contribution in [1.29, 1.82) is 0 Å². The smallest absolute Gasteiger partial charge is 0.303 e. The Hall–Kier alpha value is -2.00. The molecule has 2 aliphatic rings. The highest BCUT2D eigenvalue weighted by Crippen LogP contribution is 2.30. The number of hydrogen-bond acceptors (Lipinski definition) is 7. The molecule has 35 heavy (non-hydrogen) atoms. The summed E-state index contributed by atoms with van der Waals surface area (Å²) in [6.07, 6.45) is 11.1. The van der Waals surface area contributed by atoms with Gasteiger partial charge in [-0.1, -0.05) is 30.7 Å². The molecule has 2 aliphatic heterocycles. The fraction of sp³-hybridized carbons (Fsp3) is 0.704. The van der Waals surface area contributed by atoms with E-state index in [2.05, 4.69) is 18.3 Å². The Morgan fingerprint density at radius 1 is 1.23 bits per heavy atom. The normalized spacial score (nSPS) is 35.3. The second kappa shape index (κ2) is 13.3. The number of carbonyl (C=O) groups excluding carboxylic acids is 2. The highest BCUT2D eigenvalue weighted by atomic mass is 16.5. The molecule has 2 heterocycles. The van der Waals surface area contributed by atoms with Gasteiger partial charge in [-0.25, -0.2) is 0 Å². The first kappa shape index (κ1) is 29.2. The number of aliphatic hydroxyl groups is 1. The fourth-order valence-corrected chi connectivity index (χ4v) is 4.70. The van der Waals surface area contributed by atoms with E-state index >= 15 is 0 Å². The molecular formula is C27H44N2O6. The van der Waals surface area contributed by atoms with Gasteiger partial charge < -0.3 is 30.4 Å². The van der Waals surface area contributed by atoms with Gasteiger partial charge in [-0.15, -0.1) is 0 Å². The van der Waals surface area contributed by atoms with Crippen molar-refractivity contribution in [3.05, 3.63) is 36.0 Å². The van der Waals surface area contributed by atoms with Gasteiger partial charge in [0.1, 0.15) is 6.10 Å². The monoisotopic (exact) mass is 492 g/mol. The van der Waals surface area contributed by atoms with E-state index in [1.54, 1.807) is 13.0 Å². The summed E-state index contributed by atoms with van der Waals surface area (Å²) in [4.78, 5) is 23.3. The minimum atomic E-state index is -0.765. The Bertz CT molecular complexity index is 805. The molecule has 0 aromatic heterocycles. The molecule has 0 saturated carbocycles. The van der Waals surface area contributed by atoms with E-state index in [9.17, 15) is 14.7 Å². The molecule has 8 heteroatoms. The number of esters is 1. The van der Waals surface area contributed by atoms with Gasteiger partial charge in [0.25, 0.3) is 0 Å². The summed E-state index contributed by atoms with van der Waals surface area (Å²) in [6, 6.07) is -0.0841. The van der Waals surface area contributed by atoms with E-state index in [0.29, 0.717) is 19.4 Å². The van der Waals surface area contributed by atoms with Crippen molar-refractivity contribution in [2.24, 2.45) is 11.7 Å². The van der Waals surface area contributed by atoms with Crippen LogP contribution in [0.15, 0.2) is 36.0 Å². The van der Waals surface area contributed by atoms with Crippen LogP contribution in [-0.4, -0.2) is 65.7 Å². The lowest BCUT2D eigenvalue weighted by atomic mass is 9.87. The molecule has 2 saturated heterocycles. The maximum Gasteiger partial charge on any atom is 0.303 e. The van der Waals surface area contributed by atoms with E-state index in [-0.39, 0.29) is 48.3 Å².